The number of carbonyl (C=O) groups is 2. The summed E-state index contributed by atoms with van der Waals surface area (Å²) in [5, 5.41) is 3.06. The number of nitrogens with one attached hydrogen (secondary N) is 1. The Bertz CT molecular complexity index is 1270. The molecule has 34 heavy (non-hydrogen) atoms. The van der Waals surface area contributed by atoms with Crippen LogP contribution in [-0.2, 0) is 9.59 Å². The van der Waals surface area contributed by atoms with E-state index in [1.165, 1.54) is 38.5 Å². The van der Waals surface area contributed by atoms with Gasteiger partial charge in [-0.25, -0.2) is 9.29 Å². The number of carbonyl (C=O) groups excluding carboxylic acids is 2. The lowest BCUT2D eigenvalue weighted by molar-refractivity contribution is -0.120. The summed E-state index contributed by atoms with van der Waals surface area (Å²) in [4.78, 5) is 28.4. The van der Waals surface area contributed by atoms with E-state index < -0.39 is 17.6 Å². The Balaban J connectivity index is 1.86. The van der Waals surface area contributed by atoms with Gasteiger partial charge in [-0.05, 0) is 48.9 Å². The van der Waals surface area contributed by atoms with Crippen molar-refractivity contribution in [2.24, 2.45) is 0 Å². The molecule has 0 bridgehead atoms. The minimum atomic E-state index is -0.582. The van der Waals surface area contributed by atoms with Crippen LogP contribution in [0.1, 0.15) is 12.5 Å². The molecule has 0 aromatic heterocycles. The van der Waals surface area contributed by atoms with Gasteiger partial charge in [-0.15, -0.1) is 0 Å². The zero-order valence-electron chi connectivity index (χ0n) is 18.9. The topological polar surface area (TPSA) is 77.1 Å². The van der Waals surface area contributed by atoms with E-state index in [-0.39, 0.29) is 11.3 Å². The summed E-state index contributed by atoms with van der Waals surface area (Å²) in [6.45, 7) is 2.17. The second-order valence-corrected chi connectivity index (χ2v) is 7.29. The van der Waals surface area contributed by atoms with Gasteiger partial charge in [0.05, 0.1) is 37.8 Å². The zero-order valence-corrected chi connectivity index (χ0v) is 18.9. The van der Waals surface area contributed by atoms with Crippen LogP contribution in [0.4, 0.5) is 15.8 Å². The number of halogens is 1. The summed E-state index contributed by atoms with van der Waals surface area (Å²) in [6.07, 6.45) is 0. The van der Waals surface area contributed by atoms with Crippen LogP contribution >= 0.6 is 0 Å². The Morgan fingerprint density at radius 2 is 1.62 bits per heavy atom. The summed E-state index contributed by atoms with van der Waals surface area (Å²) < 4.78 is 30.0. The Kier molecular flexibility index (Phi) is 6.49. The fourth-order valence-corrected chi connectivity index (χ4v) is 3.71. The first-order valence-corrected chi connectivity index (χ1v) is 10.6. The van der Waals surface area contributed by atoms with Crippen LogP contribution in [0.3, 0.4) is 0 Å². The minimum absolute atomic E-state index is 0.0227. The van der Waals surface area contributed by atoms with Crippen molar-refractivity contribution in [1.29, 1.82) is 0 Å². The third-order valence-electron chi connectivity index (χ3n) is 5.29. The fraction of sp³-hybridized carbons (Fsp3) is 0.154. The Hall–Kier alpha value is -4.33. The molecule has 0 saturated carbocycles. The predicted molar refractivity (Wildman–Crippen MR) is 127 cm³/mol. The van der Waals surface area contributed by atoms with Gasteiger partial charge in [0, 0.05) is 6.07 Å². The average molecular weight is 462 g/mol. The zero-order chi connectivity index (χ0) is 24.2. The standard InChI is InChI=1S/C26H23FN2O5/c1-4-34-22-8-6-5-7-20(22)29-25(30)23(16-9-11-17(27)12-10-16)24(26(29)31)28-19-15-18(32-2)13-14-21(19)33-3/h5-15,28H,4H2,1-3H3. The van der Waals surface area contributed by atoms with Crippen molar-refractivity contribution in [3.63, 3.8) is 0 Å². The van der Waals surface area contributed by atoms with Crippen molar-refractivity contribution in [1.82, 2.24) is 0 Å². The quantitative estimate of drug-likeness (QED) is 0.492. The number of rotatable bonds is 8. The minimum Gasteiger partial charge on any atom is -0.497 e. The van der Waals surface area contributed by atoms with E-state index in [1.807, 2.05) is 6.92 Å². The van der Waals surface area contributed by atoms with Crippen molar-refractivity contribution in [2.75, 3.05) is 31.0 Å². The molecule has 0 radical (unpaired) electrons. The molecule has 1 N–H and O–H groups in total. The molecule has 2 amide bonds. The molecule has 0 spiro atoms. The number of ether oxygens (including phenoxy) is 3. The van der Waals surface area contributed by atoms with Gasteiger partial charge in [0.1, 0.15) is 28.8 Å². The molecular formula is C26H23FN2O5. The van der Waals surface area contributed by atoms with Gasteiger partial charge in [-0.2, -0.15) is 0 Å². The van der Waals surface area contributed by atoms with Crippen LogP contribution in [0.2, 0.25) is 0 Å². The highest BCUT2D eigenvalue weighted by Crippen LogP contribution is 2.39. The maximum Gasteiger partial charge on any atom is 0.282 e. The molecule has 1 aliphatic rings. The number of para-hydroxylation sites is 2. The number of anilines is 2. The molecule has 174 valence electrons. The lowest BCUT2D eigenvalue weighted by Crippen LogP contribution is -2.32. The lowest BCUT2D eigenvalue weighted by Gasteiger charge is -2.19. The van der Waals surface area contributed by atoms with Gasteiger partial charge in [0.15, 0.2) is 0 Å². The molecule has 0 saturated heterocycles. The van der Waals surface area contributed by atoms with Crippen molar-refractivity contribution < 1.29 is 28.2 Å². The van der Waals surface area contributed by atoms with Crippen LogP contribution in [-0.4, -0.2) is 32.6 Å². The monoisotopic (exact) mass is 462 g/mol. The first-order chi connectivity index (χ1) is 16.5. The second kappa shape index (κ2) is 9.66. The van der Waals surface area contributed by atoms with E-state index in [1.54, 1.807) is 42.5 Å². The lowest BCUT2D eigenvalue weighted by atomic mass is 10.0. The van der Waals surface area contributed by atoms with Crippen LogP contribution in [0.25, 0.3) is 5.57 Å². The maximum atomic E-state index is 13.7. The molecule has 7 nitrogen and oxygen atoms in total. The molecule has 1 heterocycles. The van der Waals surface area contributed by atoms with E-state index >= 15 is 0 Å². The predicted octanol–water partition coefficient (Wildman–Crippen LogP) is 4.64. The van der Waals surface area contributed by atoms with Gasteiger partial charge in [0.25, 0.3) is 11.8 Å². The largest absolute Gasteiger partial charge is 0.497 e. The first kappa shape index (κ1) is 22.8. The molecule has 1 aliphatic heterocycles. The number of amides is 2. The highest BCUT2D eigenvalue weighted by molar-refractivity contribution is 6.46. The molecule has 0 atom stereocenters. The Labute approximate surface area is 196 Å². The van der Waals surface area contributed by atoms with Crippen LogP contribution in [0.15, 0.2) is 72.4 Å². The number of hydrogen-bond acceptors (Lipinski definition) is 6. The van der Waals surface area contributed by atoms with Crippen molar-refractivity contribution >= 4 is 28.8 Å². The van der Waals surface area contributed by atoms with Gasteiger partial charge >= 0.3 is 0 Å². The highest BCUT2D eigenvalue weighted by atomic mass is 19.1. The summed E-state index contributed by atoms with van der Waals surface area (Å²) in [6, 6.07) is 17.2. The van der Waals surface area contributed by atoms with Gasteiger partial charge < -0.3 is 19.5 Å². The highest BCUT2D eigenvalue weighted by Gasteiger charge is 2.41. The van der Waals surface area contributed by atoms with Crippen LogP contribution in [0, 0.1) is 5.82 Å². The van der Waals surface area contributed by atoms with E-state index in [9.17, 15) is 14.0 Å². The fourth-order valence-electron chi connectivity index (χ4n) is 3.71. The number of hydrogen-bond donors (Lipinski definition) is 1. The third kappa shape index (κ3) is 4.17. The van der Waals surface area contributed by atoms with Crippen molar-refractivity contribution in [2.45, 2.75) is 6.92 Å². The molecule has 8 heteroatoms. The normalized spacial score (nSPS) is 13.4. The SMILES string of the molecule is CCOc1ccccc1N1C(=O)C(Nc2cc(OC)ccc2OC)=C(c2ccc(F)cc2)C1=O. The molecular weight excluding hydrogens is 439 g/mol. The van der Waals surface area contributed by atoms with Gasteiger partial charge in [-0.1, -0.05) is 24.3 Å². The Morgan fingerprint density at radius 1 is 0.882 bits per heavy atom. The third-order valence-corrected chi connectivity index (χ3v) is 5.29. The molecule has 0 unspecified atom stereocenters. The summed E-state index contributed by atoms with van der Waals surface area (Å²) >= 11 is 0. The second-order valence-electron chi connectivity index (χ2n) is 7.29. The number of benzene rings is 3. The summed E-state index contributed by atoms with van der Waals surface area (Å²) in [5.41, 5.74) is 1.25. The van der Waals surface area contributed by atoms with Crippen molar-refractivity contribution in [3.05, 3.63) is 83.8 Å². The maximum absolute atomic E-state index is 13.7. The van der Waals surface area contributed by atoms with Crippen LogP contribution in [0.5, 0.6) is 17.2 Å². The molecule has 0 fully saturated rings. The molecule has 0 aliphatic carbocycles. The van der Waals surface area contributed by atoms with Crippen molar-refractivity contribution in [3.8, 4) is 17.2 Å². The molecule has 3 aromatic rings. The number of methoxy groups -OCH3 is 2. The van der Waals surface area contributed by atoms with E-state index in [0.29, 0.717) is 40.8 Å². The van der Waals surface area contributed by atoms with E-state index in [0.717, 1.165) is 4.90 Å². The summed E-state index contributed by atoms with van der Waals surface area (Å²) in [5.74, 6) is -0.230. The van der Waals surface area contributed by atoms with Gasteiger partial charge in [0.2, 0.25) is 0 Å². The molecule has 4 rings (SSSR count). The average Bonchev–Trinajstić information content (AvgIpc) is 3.09. The first-order valence-electron chi connectivity index (χ1n) is 10.6. The molecule has 3 aromatic carbocycles. The number of nitrogens with zero attached hydrogens (tertiary/aromatic N) is 1. The Morgan fingerprint density at radius 3 is 2.29 bits per heavy atom. The smallest absolute Gasteiger partial charge is 0.282 e. The summed E-state index contributed by atoms with van der Waals surface area (Å²) in [7, 11) is 3.01. The van der Waals surface area contributed by atoms with Gasteiger partial charge in [-0.3, -0.25) is 9.59 Å². The van der Waals surface area contributed by atoms with Crippen LogP contribution < -0.4 is 24.4 Å². The van der Waals surface area contributed by atoms with E-state index in [4.69, 9.17) is 14.2 Å². The van der Waals surface area contributed by atoms with E-state index in [2.05, 4.69) is 5.32 Å². The number of imide groups is 1.